The minimum Gasteiger partial charge on any atom is -0.389 e. The molecule has 1 unspecified atom stereocenters. The van der Waals surface area contributed by atoms with Crippen molar-refractivity contribution < 1.29 is 9.63 Å². The summed E-state index contributed by atoms with van der Waals surface area (Å²) in [4.78, 5) is 24.7. The van der Waals surface area contributed by atoms with E-state index in [0.717, 1.165) is 32.4 Å². The van der Waals surface area contributed by atoms with Gasteiger partial charge in [-0.1, -0.05) is 5.16 Å². The molecule has 6 nitrogen and oxygen atoms in total. The Morgan fingerprint density at radius 3 is 2.62 bits per heavy atom. The Balaban J connectivity index is 1.11. The van der Waals surface area contributed by atoms with E-state index in [1.54, 1.807) is 0 Å². The highest BCUT2D eigenvalue weighted by molar-refractivity contribution is 5.94. The summed E-state index contributed by atoms with van der Waals surface area (Å²) >= 11 is 0. The lowest BCUT2D eigenvalue weighted by molar-refractivity contribution is 0.0650. The van der Waals surface area contributed by atoms with Crippen molar-refractivity contribution in [1.82, 2.24) is 14.5 Å². The van der Waals surface area contributed by atoms with E-state index in [2.05, 4.69) is 21.6 Å². The summed E-state index contributed by atoms with van der Waals surface area (Å²) in [6.07, 6.45) is 9.46. The highest BCUT2D eigenvalue weighted by Gasteiger charge is 2.62. The van der Waals surface area contributed by atoms with Crippen LogP contribution in [0.5, 0.6) is 0 Å². The van der Waals surface area contributed by atoms with Crippen LogP contribution in [0.3, 0.4) is 0 Å². The van der Waals surface area contributed by atoms with E-state index in [1.807, 2.05) is 17.4 Å². The molecule has 1 amide bonds. The van der Waals surface area contributed by atoms with Gasteiger partial charge in [0.15, 0.2) is 0 Å². The monoisotopic (exact) mass is 326 g/mol. The van der Waals surface area contributed by atoms with Gasteiger partial charge in [-0.3, -0.25) is 4.79 Å². The summed E-state index contributed by atoms with van der Waals surface area (Å²) in [6.45, 7) is 3.92. The Bertz CT molecular complexity index is 762. The molecule has 3 aliphatic carbocycles. The molecule has 6 heteroatoms. The van der Waals surface area contributed by atoms with Crippen molar-refractivity contribution in [3.63, 3.8) is 0 Å². The summed E-state index contributed by atoms with van der Waals surface area (Å²) < 4.78 is 2.11. The van der Waals surface area contributed by atoms with Crippen molar-refractivity contribution in [2.24, 2.45) is 22.9 Å². The highest BCUT2D eigenvalue weighted by atomic mass is 16.7. The lowest BCUT2D eigenvalue weighted by Crippen LogP contribution is -2.32. The first-order valence-electron chi connectivity index (χ1n) is 9.16. The molecule has 4 fully saturated rings. The summed E-state index contributed by atoms with van der Waals surface area (Å²) in [5.74, 6) is 1.84. The molecule has 6 rings (SSSR count). The van der Waals surface area contributed by atoms with Gasteiger partial charge in [-0.05, 0) is 44.4 Å². The largest absolute Gasteiger partial charge is 0.389 e. The average Bonchev–Trinajstić information content (AvgIpc) is 3.47. The molecule has 0 aromatic carbocycles. The maximum absolute atomic E-state index is 12.7. The molecule has 0 N–H and O–H groups in total. The van der Waals surface area contributed by atoms with E-state index in [-0.39, 0.29) is 17.0 Å². The highest BCUT2D eigenvalue weighted by Crippen LogP contribution is 2.57. The van der Waals surface area contributed by atoms with Crippen molar-refractivity contribution in [2.75, 3.05) is 13.1 Å². The lowest BCUT2D eigenvalue weighted by atomic mass is 10.0. The van der Waals surface area contributed by atoms with E-state index >= 15 is 0 Å². The van der Waals surface area contributed by atoms with Crippen molar-refractivity contribution in [3.05, 3.63) is 18.2 Å². The number of carbonyl (C=O) groups excluding carboxylic acids is 1. The second kappa shape index (κ2) is 4.03. The molecule has 0 bridgehead atoms. The first kappa shape index (κ1) is 13.4. The van der Waals surface area contributed by atoms with Crippen molar-refractivity contribution >= 4 is 11.6 Å². The second-order valence-corrected chi connectivity index (χ2v) is 8.76. The Kier molecular flexibility index (Phi) is 2.26. The van der Waals surface area contributed by atoms with Gasteiger partial charge in [-0.2, -0.15) is 0 Å². The number of likely N-dealkylation sites (tertiary alicyclic amines) is 1. The smallest absolute Gasteiger partial charge is 0.274 e. The summed E-state index contributed by atoms with van der Waals surface area (Å²) in [5, 5.41) is 4.36. The number of hydrogen-bond donors (Lipinski definition) is 0. The Morgan fingerprint density at radius 1 is 1.25 bits per heavy atom. The van der Waals surface area contributed by atoms with Gasteiger partial charge >= 0.3 is 0 Å². The number of imidazole rings is 1. The quantitative estimate of drug-likeness (QED) is 0.854. The van der Waals surface area contributed by atoms with E-state index < -0.39 is 0 Å². The Hall–Kier alpha value is -1.85. The maximum Gasteiger partial charge on any atom is 0.274 e. The number of carbonyl (C=O) groups is 1. The molecule has 2 aliphatic heterocycles. The van der Waals surface area contributed by atoms with Crippen LogP contribution in [0.4, 0.5) is 0 Å². The molecule has 1 aromatic rings. The van der Waals surface area contributed by atoms with Crippen LogP contribution in [-0.2, 0) is 10.4 Å². The number of piperidine rings is 1. The molecule has 5 aliphatic rings. The normalized spacial score (nSPS) is 36.3. The number of hydrogen-bond acceptors (Lipinski definition) is 4. The van der Waals surface area contributed by atoms with Crippen LogP contribution in [-0.4, -0.2) is 44.8 Å². The van der Waals surface area contributed by atoms with Gasteiger partial charge in [-0.15, -0.1) is 0 Å². The predicted molar refractivity (Wildman–Crippen MR) is 86.6 cm³/mol. The Morgan fingerprint density at radius 2 is 2.00 bits per heavy atom. The molecule has 0 radical (unpaired) electrons. The third kappa shape index (κ3) is 1.80. The predicted octanol–water partition coefficient (Wildman–Crippen LogP) is 2.02. The van der Waals surface area contributed by atoms with Gasteiger partial charge in [0.1, 0.15) is 11.3 Å². The second-order valence-electron chi connectivity index (χ2n) is 8.76. The van der Waals surface area contributed by atoms with Gasteiger partial charge in [0, 0.05) is 37.2 Å². The molecule has 1 saturated heterocycles. The van der Waals surface area contributed by atoms with Crippen molar-refractivity contribution in [1.29, 1.82) is 0 Å². The van der Waals surface area contributed by atoms with E-state index in [9.17, 15) is 4.79 Å². The molecule has 1 aromatic heterocycles. The molecule has 126 valence electrons. The number of oxime groups is 1. The minimum atomic E-state index is 0.0900. The van der Waals surface area contributed by atoms with Gasteiger partial charge in [0.25, 0.3) is 5.91 Å². The topological polar surface area (TPSA) is 59.7 Å². The zero-order valence-corrected chi connectivity index (χ0v) is 13.9. The number of fused-ring (bicyclic) bond motifs is 1. The molecule has 24 heavy (non-hydrogen) atoms. The van der Waals surface area contributed by atoms with Crippen LogP contribution in [0.25, 0.3) is 0 Å². The fourth-order valence-electron chi connectivity index (χ4n) is 4.65. The average molecular weight is 326 g/mol. The van der Waals surface area contributed by atoms with E-state index in [0.29, 0.717) is 23.4 Å². The van der Waals surface area contributed by atoms with Crippen LogP contribution in [0.1, 0.15) is 49.5 Å². The third-order valence-corrected chi connectivity index (χ3v) is 6.93. The number of rotatable bonds is 3. The summed E-state index contributed by atoms with van der Waals surface area (Å²) in [7, 11) is 0. The lowest BCUT2D eigenvalue weighted by Gasteiger charge is -2.18. The Labute approximate surface area is 140 Å². The summed E-state index contributed by atoms with van der Waals surface area (Å²) in [6, 6.07) is 0. The fourth-order valence-corrected chi connectivity index (χ4v) is 4.65. The SMILES string of the molecule is CC1(n2cnc(C(=O)N3C[C@@H]4C(C5=NOC6(CC6)C5)[C@@H]4C3)c2)CC1. The maximum atomic E-state index is 12.7. The summed E-state index contributed by atoms with van der Waals surface area (Å²) in [5.41, 5.74) is 2.15. The number of nitrogens with zero attached hydrogens (tertiary/aromatic N) is 4. The van der Waals surface area contributed by atoms with Crippen LogP contribution in [0, 0.1) is 17.8 Å². The van der Waals surface area contributed by atoms with E-state index in [4.69, 9.17) is 4.84 Å². The number of aromatic nitrogens is 2. The molecular formula is C18H22N4O2. The van der Waals surface area contributed by atoms with E-state index in [1.165, 1.54) is 18.6 Å². The fraction of sp³-hybridized carbons (Fsp3) is 0.722. The zero-order chi connectivity index (χ0) is 16.1. The van der Waals surface area contributed by atoms with Gasteiger partial charge in [-0.25, -0.2) is 4.98 Å². The van der Waals surface area contributed by atoms with Gasteiger partial charge in [0.05, 0.1) is 12.0 Å². The zero-order valence-electron chi connectivity index (χ0n) is 13.9. The van der Waals surface area contributed by atoms with Crippen molar-refractivity contribution in [3.8, 4) is 0 Å². The molecule has 3 heterocycles. The van der Waals surface area contributed by atoms with Crippen LogP contribution < -0.4 is 0 Å². The standard InChI is InChI=1S/C18H22N4O2/c1-17(2-3-17)22-9-14(19-10-22)16(23)21-7-11-12(8-21)15(11)13-6-18(4-5-18)24-20-13/h9-12,15H,2-8H2,1H3/t11-,12+,15?. The van der Waals surface area contributed by atoms with Crippen LogP contribution in [0.2, 0.25) is 0 Å². The molecule has 1 spiro atoms. The van der Waals surface area contributed by atoms with Crippen molar-refractivity contribution in [2.45, 2.75) is 50.2 Å². The first-order chi connectivity index (χ1) is 11.6. The van der Waals surface area contributed by atoms with Crippen LogP contribution >= 0.6 is 0 Å². The van der Waals surface area contributed by atoms with Gasteiger partial charge in [0.2, 0.25) is 0 Å². The molecule has 3 saturated carbocycles. The third-order valence-electron chi connectivity index (χ3n) is 6.93. The number of amides is 1. The van der Waals surface area contributed by atoms with Gasteiger partial charge < -0.3 is 14.3 Å². The first-order valence-corrected chi connectivity index (χ1v) is 9.16. The molecule has 3 atom stereocenters. The van der Waals surface area contributed by atoms with Crippen LogP contribution in [0.15, 0.2) is 17.7 Å². The minimum absolute atomic E-state index is 0.0900. The molecular weight excluding hydrogens is 304 g/mol.